The Kier molecular flexibility index (Phi) is 5.43. The average molecular weight is 402 g/mol. The van der Waals surface area contributed by atoms with Gasteiger partial charge in [-0.15, -0.1) is 0 Å². The van der Waals surface area contributed by atoms with Gasteiger partial charge in [0.2, 0.25) is 10.0 Å². The smallest absolute Gasteiger partial charge is 0.241 e. The van der Waals surface area contributed by atoms with E-state index in [1.807, 2.05) is 0 Å². The van der Waals surface area contributed by atoms with E-state index in [0.717, 1.165) is 6.42 Å². The van der Waals surface area contributed by atoms with Crippen LogP contribution in [-0.2, 0) is 10.0 Å². The molecule has 0 saturated heterocycles. The van der Waals surface area contributed by atoms with Crippen molar-refractivity contribution < 1.29 is 17.9 Å². The van der Waals surface area contributed by atoms with Crippen LogP contribution in [0.3, 0.4) is 0 Å². The fraction of sp³-hybridized carbons (Fsp3) is 0.294. The Morgan fingerprint density at radius 1 is 1.04 bits per heavy atom. The third kappa shape index (κ3) is 4.20. The molecule has 5 nitrogen and oxygen atoms in total. The SMILES string of the molecule is C[C@@H](NS(=O)(=O)c1ccc2c(c1)OCCCO2)c1ccc(Cl)cc1Cl. The molecule has 1 aliphatic rings. The van der Waals surface area contributed by atoms with Crippen LogP contribution in [0.2, 0.25) is 10.0 Å². The third-order valence-corrected chi connectivity index (χ3v) is 5.89. The molecule has 0 spiro atoms. The molecule has 0 fully saturated rings. The number of nitrogens with one attached hydrogen (secondary N) is 1. The number of ether oxygens (including phenoxy) is 2. The highest BCUT2D eigenvalue weighted by atomic mass is 35.5. The lowest BCUT2D eigenvalue weighted by atomic mass is 10.1. The zero-order valence-electron chi connectivity index (χ0n) is 13.5. The minimum Gasteiger partial charge on any atom is -0.490 e. The molecule has 0 bridgehead atoms. The van der Waals surface area contributed by atoms with Crippen LogP contribution in [0.5, 0.6) is 11.5 Å². The standard InChI is InChI=1S/C17H17Cl2NO4S/c1-11(14-5-3-12(18)9-15(14)19)20-25(21,22)13-4-6-16-17(10-13)24-8-2-7-23-16/h3-6,9-11,20H,2,7-8H2,1H3/t11-/m1/s1. The molecule has 0 saturated carbocycles. The monoisotopic (exact) mass is 401 g/mol. The highest BCUT2D eigenvalue weighted by molar-refractivity contribution is 7.89. The molecule has 1 heterocycles. The van der Waals surface area contributed by atoms with Gasteiger partial charge in [-0.1, -0.05) is 29.3 Å². The molecule has 0 aliphatic carbocycles. The molecular formula is C17H17Cl2NO4S. The van der Waals surface area contributed by atoms with Crippen LogP contribution >= 0.6 is 23.2 Å². The van der Waals surface area contributed by atoms with Crippen LogP contribution in [0, 0.1) is 0 Å². The highest BCUT2D eigenvalue weighted by Crippen LogP contribution is 2.33. The Hall–Kier alpha value is -1.47. The van der Waals surface area contributed by atoms with Gasteiger partial charge in [0.15, 0.2) is 11.5 Å². The van der Waals surface area contributed by atoms with Gasteiger partial charge in [-0.3, -0.25) is 0 Å². The Morgan fingerprint density at radius 3 is 2.48 bits per heavy atom. The fourth-order valence-corrected chi connectivity index (χ4v) is 4.34. The first kappa shape index (κ1) is 18.3. The summed E-state index contributed by atoms with van der Waals surface area (Å²) in [4.78, 5) is 0.105. The number of halogens is 2. The topological polar surface area (TPSA) is 64.6 Å². The van der Waals surface area contributed by atoms with Crippen molar-refractivity contribution in [3.05, 3.63) is 52.0 Å². The first-order chi connectivity index (χ1) is 11.9. The van der Waals surface area contributed by atoms with Gasteiger partial charge in [0.25, 0.3) is 0 Å². The Balaban J connectivity index is 1.85. The van der Waals surface area contributed by atoms with Crippen LogP contribution in [0.25, 0.3) is 0 Å². The first-order valence-electron chi connectivity index (χ1n) is 7.74. The Bertz CT molecular complexity index is 886. The van der Waals surface area contributed by atoms with Gasteiger partial charge in [-0.25, -0.2) is 13.1 Å². The zero-order chi connectivity index (χ0) is 18.0. The van der Waals surface area contributed by atoms with Crippen molar-refractivity contribution in [3.8, 4) is 11.5 Å². The van der Waals surface area contributed by atoms with Crippen molar-refractivity contribution in [3.63, 3.8) is 0 Å². The van der Waals surface area contributed by atoms with Crippen LogP contribution < -0.4 is 14.2 Å². The number of fused-ring (bicyclic) bond motifs is 1. The Morgan fingerprint density at radius 2 is 1.76 bits per heavy atom. The van der Waals surface area contributed by atoms with Gasteiger partial charge in [0.1, 0.15) is 0 Å². The lowest BCUT2D eigenvalue weighted by Crippen LogP contribution is -2.27. The molecule has 2 aromatic rings. The predicted molar refractivity (Wildman–Crippen MR) is 97.2 cm³/mol. The summed E-state index contributed by atoms with van der Waals surface area (Å²) in [6.45, 7) is 2.75. The van der Waals surface area contributed by atoms with E-state index in [4.69, 9.17) is 32.7 Å². The molecule has 1 N–H and O–H groups in total. The summed E-state index contributed by atoms with van der Waals surface area (Å²) in [6.07, 6.45) is 0.751. The van der Waals surface area contributed by atoms with Crippen LogP contribution in [0.15, 0.2) is 41.3 Å². The molecule has 2 aromatic carbocycles. The normalized spacial score (nSPS) is 15.5. The molecule has 1 atom stereocenters. The fourth-order valence-electron chi connectivity index (χ4n) is 2.53. The van der Waals surface area contributed by atoms with Crippen molar-refractivity contribution in [2.75, 3.05) is 13.2 Å². The number of benzene rings is 2. The van der Waals surface area contributed by atoms with E-state index >= 15 is 0 Å². The lowest BCUT2D eigenvalue weighted by Gasteiger charge is -2.17. The van der Waals surface area contributed by atoms with Crippen LogP contribution in [0.1, 0.15) is 24.9 Å². The summed E-state index contributed by atoms with van der Waals surface area (Å²) >= 11 is 12.0. The minimum absolute atomic E-state index is 0.105. The van der Waals surface area contributed by atoms with Crippen molar-refractivity contribution in [1.29, 1.82) is 0 Å². The van der Waals surface area contributed by atoms with E-state index < -0.39 is 16.1 Å². The molecule has 0 unspecified atom stereocenters. The number of rotatable bonds is 4. The van der Waals surface area contributed by atoms with Gasteiger partial charge < -0.3 is 9.47 Å². The summed E-state index contributed by atoms with van der Waals surface area (Å²) in [5.41, 5.74) is 0.643. The molecule has 0 aromatic heterocycles. The zero-order valence-corrected chi connectivity index (χ0v) is 15.8. The van der Waals surface area contributed by atoms with E-state index in [9.17, 15) is 8.42 Å². The van der Waals surface area contributed by atoms with Crippen molar-refractivity contribution in [2.45, 2.75) is 24.3 Å². The number of hydrogen-bond acceptors (Lipinski definition) is 4. The molecule has 8 heteroatoms. The predicted octanol–water partition coefficient (Wildman–Crippen LogP) is 4.19. The van der Waals surface area contributed by atoms with Gasteiger partial charge in [-0.05, 0) is 36.8 Å². The quantitative estimate of drug-likeness (QED) is 0.833. The first-order valence-corrected chi connectivity index (χ1v) is 9.98. The lowest BCUT2D eigenvalue weighted by molar-refractivity contribution is 0.297. The molecular weight excluding hydrogens is 385 g/mol. The maximum absolute atomic E-state index is 12.7. The summed E-state index contributed by atoms with van der Waals surface area (Å²) in [5, 5.41) is 0.896. The molecule has 1 aliphatic heterocycles. The number of hydrogen-bond donors (Lipinski definition) is 1. The largest absolute Gasteiger partial charge is 0.490 e. The van der Waals surface area contributed by atoms with E-state index in [2.05, 4.69) is 4.72 Å². The summed E-state index contributed by atoms with van der Waals surface area (Å²) in [7, 11) is -3.76. The molecule has 0 amide bonds. The molecule has 0 radical (unpaired) electrons. The van der Waals surface area contributed by atoms with Gasteiger partial charge in [-0.2, -0.15) is 0 Å². The number of sulfonamides is 1. The Labute approximate surface area is 156 Å². The second kappa shape index (κ2) is 7.41. The van der Waals surface area contributed by atoms with Gasteiger partial charge in [0.05, 0.1) is 18.1 Å². The van der Waals surface area contributed by atoms with Crippen LogP contribution in [0.4, 0.5) is 0 Å². The second-order valence-corrected chi connectivity index (χ2v) is 8.23. The van der Waals surface area contributed by atoms with E-state index in [1.54, 1.807) is 31.2 Å². The van der Waals surface area contributed by atoms with Crippen molar-refractivity contribution >= 4 is 33.2 Å². The van der Waals surface area contributed by atoms with Gasteiger partial charge in [0, 0.05) is 28.6 Å². The molecule has 25 heavy (non-hydrogen) atoms. The summed E-state index contributed by atoms with van der Waals surface area (Å²) in [6, 6.07) is 9.00. The summed E-state index contributed by atoms with van der Waals surface area (Å²) < 4.78 is 39.1. The molecule has 134 valence electrons. The van der Waals surface area contributed by atoms with Crippen LogP contribution in [-0.4, -0.2) is 21.6 Å². The molecule has 3 rings (SSSR count). The van der Waals surface area contributed by atoms with E-state index in [-0.39, 0.29) is 4.90 Å². The van der Waals surface area contributed by atoms with E-state index in [0.29, 0.717) is 40.3 Å². The third-order valence-electron chi connectivity index (χ3n) is 3.79. The minimum atomic E-state index is -3.76. The van der Waals surface area contributed by atoms with Crippen molar-refractivity contribution in [1.82, 2.24) is 4.72 Å². The average Bonchev–Trinajstić information content (AvgIpc) is 2.78. The second-order valence-electron chi connectivity index (χ2n) is 5.67. The maximum Gasteiger partial charge on any atom is 0.241 e. The van der Waals surface area contributed by atoms with Gasteiger partial charge >= 0.3 is 0 Å². The summed E-state index contributed by atoms with van der Waals surface area (Å²) in [5.74, 6) is 0.975. The van der Waals surface area contributed by atoms with Crippen molar-refractivity contribution in [2.24, 2.45) is 0 Å². The highest BCUT2D eigenvalue weighted by Gasteiger charge is 2.22. The maximum atomic E-state index is 12.7. The van der Waals surface area contributed by atoms with E-state index in [1.165, 1.54) is 12.1 Å².